The molecule has 9 heteroatoms. The van der Waals surface area contributed by atoms with Crippen LogP contribution in [0.1, 0.15) is 64.6 Å². The summed E-state index contributed by atoms with van der Waals surface area (Å²) < 4.78 is 1.64. The maximum absolute atomic E-state index is 13.5. The molecular formula is C21H36N6O3. The first-order valence-electron chi connectivity index (χ1n) is 11.0. The highest BCUT2D eigenvalue weighted by Crippen LogP contribution is 2.34. The minimum Gasteiger partial charge on any atom is -0.391 e. The van der Waals surface area contributed by atoms with Crippen molar-refractivity contribution in [2.45, 2.75) is 77.6 Å². The molecular weight excluding hydrogens is 384 g/mol. The van der Waals surface area contributed by atoms with E-state index in [1.165, 1.54) is 30.6 Å². The zero-order valence-corrected chi connectivity index (χ0v) is 18.7. The Balaban J connectivity index is 1.80. The Bertz CT molecular complexity index is 735. The van der Waals surface area contributed by atoms with Crippen molar-refractivity contribution in [3.63, 3.8) is 0 Å². The smallest absolute Gasteiger partial charge is 0.248 e. The highest BCUT2D eigenvalue weighted by molar-refractivity contribution is 5.90. The van der Waals surface area contributed by atoms with Crippen LogP contribution >= 0.6 is 0 Å². The van der Waals surface area contributed by atoms with Crippen molar-refractivity contribution in [1.82, 2.24) is 30.1 Å². The molecule has 0 aromatic carbocycles. The Hall–Kier alpha value is -2.00. The van der Waals surface area contributed by atoms with Crippen LogP contribution in [-0.2, 0) is 16.1 Å². The third kappa shape index (κ3) is 5.18. The van der Waals surface area contributed by atoms with Crippen LogP contribution in [0.25, 0.3) is 0 Å². The minimum absolute atomic E-state index is 0.152. The first-order chi connectivity index (χ1) is 14.2. The zero-order valence-electron chi connectivity index (χ0n) is 18.7. The number of aliphatic hydroxyl groups is 1. The SMILES string of the molecule is CNC(=O)C1CC(O)CN1C(=O)[C@@H](n1cc(CN2CCCCCC2)nn1)C(C)(C)C. The van der Waals surface area contributed by atoms with E-state index in [1.807, 2.05) is 27.0 Å². The van der Waals surface area contributed by atoms with Gasteiger partial charge in [0.2, 0.25) is 11.8 Å². The van der Waals surface area contributed by atoms with E-state index in [4.69, 9.17) is 0 Å². The fourth-order valence-corrected chi connectivity index (χ4v) is 4.55. The van der Waals surface area contributed by atoms with Gasteiger partial charge < -0.3 is 15.3 Å². The fraction of sp³-hybridized carbons (Fsp3) is 0.810. The lowest BCUT2D eigenvalue weighted by molar-refractivity contribution is -0.144. The highest BCUT2D eigenvalue weighted by atomic mass is 16.3. The van der Waals surface area contributed by atoms with Gasteiger partial charge in [-0.3, -0.25) is 14.5 Å². The molecule has 2 fully saturated rings. The Kier molecular flexibility index (Phi) is 7.13. The molecule has 1 aromatic rings. The largest absolute Gasteiger partial charge is 0.391 e. The molecule has 168 valence electrons. The van der Waals surface area contributed by atoms with Gasteiger partial charge in [0.05, 0.1) is 18.0 Å². The summed E-state index contributed by atoms with van der Waals surface area (Å²) in [5.41, 5.74) is 0.411. The topological polar surface area (TPSA) is 104 Å². The number of aliphatic hydroxyl groups excluding tert-OH is 1. The minimum atomic E-state index is -0.703. The molecule has 2 saturated heterocycles. The van der Waals surface area contributed by atoms with Gasteiger partial charge in [0.1, 0.15) is 12.1 Å². The fourth-order valence-electron chi connectivity index (χ4n) is 4.55. The standard InChI is InChI=1S/C21H36N6O3/c1-21(2,3)18(20(30)26-14-16(28)11-17(26)19(29)22-4)27-13-15(23-24-27)12-25-9-7-5-6-8-10-25/h13,16-18,28H,5-12,14H2,1-4H3,(H,22,29)/t16?,17?,18-/m1/s1. The Morgan fingerprint density at radius 2 is 1.90 bits per heavy atom. The molecule has 2 unspecified atom stereocenters. The summed E-state index contributed by atoms with van der Waals surface area (Å²) in [4.78, 5) is 29.7. The van der Waals surface area contributed by atoms with Gasteiger partial charge in [-0.1, -0.05) is 38.8 Å². The van der Waals surface area contributed by atoms with Crippen molar-refractivity contribution in [3.8, 4) is 0 Å². The number of hydrogen-bond acceptors (Lipinski definition) is 6. The summed E-state index contributed by atoms with van der Waals surface area (Å²) in [6, 6.07) is -1.28. The van der Waals surface area contributed by atoms with Crippen LogP contribution in [0, 0.1) is 5.41 Å². The number of aromatic nitrogens is 3. The van der Waals surface area contributed by atoms with Crippen LogP contribution in [-0.4, -0.2) is 80.5 Å². The van der Waals surface area contributed by atoms with E-state index in [9.17, 15) is 14.7 Å². The van der Waals surface area contributed by atoms with Crippen LogP contribution in [0.5, 0.6) is 0 Å². The Morgan fingerprint density at radius 1 is 1.23 bits per heavy atom. The van der Waals surface area contributed by atoms with E-state index in [-0.39, 0.29) is 24.8 Å². The quantitative estimate of drug-likeness (QED) is 0.735. The number of likely N-dealkylation sites (N-methyl/N-ethyl adjacent to an activating group) is 1. The molecule has 0 radical (unpaired) electrons. The maximum atomic E-state index is 13.5. The molecule has 30 heavy (non-hydrogen) atoms. The molecule has 2 N–H and O–H groups in total. The van der Waals surface area contributed by atoms with Crippen LogP contribution in [0.15, 0.2) is 6.20 Å². The second-order valence-corrected chi connectivity index (χ2v) is 9.66. The van der Waals surface area contributed by atoms with Gasteiger partial charge in [-0.2, -0.15) is 0 Å². The van der Waals surface area contributed by atoms with Gasteiger partial charge in [-0.05, 0) is 31.3 Å². The van der Waals surface area contributed by atoms with Crippen molar-refractivity contribution >= 4 is 11.8 Å². The maximum Gasteiger partial charge on any atom is 0.248 e. The summed E-state index contributed by atoms with van der Waals surface area (Å²) in [5, 5.41) is 21.4. The molecule has 0 saturated carbocycles. The first-order valence-corrected chi connectivity index (χ1v) is 11.0. The monoisotopic (exact) mass is 420 g/mol. The number of rotatable bonds is 5. The van der Waals surface area contributed by atoms with Gasteiger partial charge in [0.15, 0.2) is 0 Å². The van der Waals surface area contributed by atoms with E-state index in [0.29, 0.717) is 0 Å². The lowest BCUT2D eigenvalue weighted by Gasteiger charge is -2.34. The van der Waals surface area contributed by atoms with Gasteiger partial charge in [0.25, 0.3) is 0 Å². The van der Waals surface area contributed by atoms with Crippen LogP contribution in [0.4, 0.5) is 0 Å². The number of nitrogens with one attached hydrogen (secondary N) is 1. The van der Waals surface area contributed by atoms with Crippen LogP contribution in [0.2, 0.25) is 0 Å². The average Bonchev–Trinajstić information content (AvgIpc) is 3.19. The van der Waals surface area contributed by atoms with Crippen LogP contribution in [0.3, 0.4) is 0 Å². The molecule has 3 rings (SSSR count). The van der Waals surface area contributed by atoms with Crippen molar-refractivity contribution in [2.75, 3.05) is 26.7 Å². The first kappa shape index (κ1) is 22.7. The summed E-state index contributed by atoms with van der Waals surface area (Å²) >= 11 is 0. The molecule has 3 atom stereocenters. The normalized spacial score (nSPS) is 24.5. The summed E-state index contributed by atoms with van der Waals surface area (Å²) in [5.74, 6) is -0.466. The molecule has 2 amide bonds. The number of amides is 2. The molecule has 3 heterocycles. The van der Waals surface area contributed by atoms with Gasteiger partial charge in [-0.25, -0.2) is 4.68 Å². The van der Waals surface area contributed by atoms with E-state index >= 15 is 0 Å². The van der Waals surface area contributed by atoms with Crippen molar-refractivity contribution in [3.05, 3.63) is 11.9 Å². The van der Waals surface area contributed by atoms with E-state index in [0.717, 1.165) is 25.3 Å². The van der Waals surface area contributed by atoms with Crippen LogP contribution < -0.4 is 5.32 Å². The highest BCUT2D eigenvalue weighted by Gasteiger charge is 2.45. The van der Waals surface area contributed by atoms with Gasteiger partial charge in [-0.15, -0.1) is 5.10 Å². The lowest BCUT2D eigenvalue weighted by atomic mass is 9.85. The number of carbonyl (C=O) groups is 2. The molecule has 2 aliphatic rings. The number of likely N-dealkylation sites (tertiary alicyclic amines) is 2. The van der Waals surface area contributed by atoms with Crippen molar-refractivity contribution < 1.29 is 14.7 Å². The summed E-state index contributed by atoms with van der Waals surface area (Å²) in [6.45, 7) is 8.95. The molecule has 0 bridgehead atoms. The van der Waals surface area contributed by atoms with E-state index in [2.05, 4.69) is 20.5 Å². The zero-order chi connectivity index (χ0) is 21.9. The van der Waals surface area contributed by atoms with E-state index in [1.54, 1.807) is 11.7 Å². The van der Waals surface area contributed by atoms with E-state index < -0.39 is 23.6 Å². The molecule has 1 aromatic heterocycles. The van der Waals surface area contributed by atoms with Crippen molar-refractivity contribution in [2.24, 2.45) is 5.41 Å². The third-order valence-electron chi connectivity index (χ3n) is 6.07. The van der Waals surface area contributed by atoms with Crippen molar-refractivity contribution in [1.29, 1.82) is 0 Å². The number of nitrogens with zero attached hydrogens (tertiary/aromatic N) is 5. The third-order valence-corrected chi connectivity index (χ3v) is 6.07. The van der Waals surface area contributed by atoms with Gasteiger partial charge in [0, 0.05) is 26.6 Å². The average molecular weight is 421 g/mol. The lowest BCUT2D eigenvalue weighted by Crippen LogP contribution is -2.49. The Labute approximate surface area is 178 Å². The predicted octanol–water partition coefficient (Wildman–Crippen LogP) is 0.949. The number of hydrogen-bond donors (Lipinski definition) is 2. The molecule has 0 aliphatic carbocycles. The Morgan fingerprint density at radius 3 is 2.50 bits per heavy atom. The molecule has 9 nitrogen and oxygen atoms in total. The van der Waals surface area contributed by atoms with Gasteiger partial charge >= 0.3 is 0 Å². The second kappa shape index (κ2) is 9.43. The summed E-state index contributed by atoms with van der Waals surface area (Å²) in [7, 11) is 1.55. The predicted molar refractivity (Wildman–Crippen MR) is 112 cm³/mol. The molecule has 2 aliphatic heterocycles. The summed E-state index contributed by atoms with van der Waals surface area (Å²) in [6.07, 6.45) is 6.37. The number of carbonyl (C=O) groups excluding carboxylic acids is 2. The molecule has 0 spiro atoms. The number of β-amino-alcohol motifs (C(OH)–C–C–N with tert-alkyl or cyclic N) is 1. The second-order valence-electron chi connectivity index (χ2n) is 9.66.